The summed E-state index contributed by atoms with van der Waals surface area (Å²) in [6.45, 7) is 1.18. The highest BCUT2D eigenvalue weighted by atomic mass is 19.1. The summed E-state index contributed by atoms with van der Waals surface area (Å²) in [6.07, 6.45) is 5.14. The van der Waals surface area contributed by atoms with Crippen LogP contribution in [0.4, 0.5) is 4.39 Å². The van der Waals surface area contributed by atoms with E-state index < -0.39 is 5.54 Å². The van der Waals surface area contributed by atoms with Crippen molar-refractivity contribution < 1.29 is 13.9 Å². The van der Waals surface area contributed by atoms with Crippen molar-refractivity contribution in [2.45, 2.75) is 37.6 Å². The Balaban J connectivity index is 1.62. The van der Waals surface area contributed by atoms with Crippen molar-refractivity contribution >= 4 is 5.91 Å². The Morgan fingerprint density at radius 1 is 1.16 bits per heavy atom. The third-order valence-corrected chi connectivity index (χ3v) is 4.68. The fourth-order valence-corrected chi connectivity index (χ4v) is 3.28. The predicted octanol–water partition coefficient (Wildman–Crippen LogP) is 3.37. The van der Waals surface area contributed by atoms with Gasteiger partial charge in [-0.3, -0.25) is 9.78 Å². The first-order valence-electron chi connectivity index (χ1n) is 8.73. The molecule has 0 unspecified atom stereocenters. The molecule has 1 aliphatic rings. The summed E-state index contributed by atoms with van der Waals surface area (Å²) in [4.78, 5) is 16.8. The first-order chi connectivity index (χ1) is 12.2. The van der Waals surface area contributed by atoms with E-state index in [4.69, 9.17) is 4.74 Å². The molecule has 1 aromatic heterocycles. The molecule has 2 heterocycles. The second-order valence-corrected chi connectivity index (χ2v) is 6.42. The first-order valence-corrected chi connectivity index (χ1v) is 8.73. The molecule has 25 heavy (non-hydrogen) atoms. The molecule has 1 saturated heterocycles. The van der Waals surface area contributed by atoms with Crippen LogP contribution in [0.5, 0.6) is 0 Å². The summed E-state index contributed by atoms with van der Waals surface area (Å²) >= 11 is 0. The number of ether oxygens (including phenoxy) is 1. The number of benzene rings is 1. The van der Waals surface area contributed by atoms with Gasteiger partial charge in [-0.25, -0.2) is 4.39 Å². The number of pyridine rings is 1. The first kappa shape index (κ1) is 17.5. The highest BCUT2D eigenvalue weighted by Gasteiger charge is 2.35. The van der Waals surface area contributed by atoms with Crippen LogP contribution in [0.2, 0.25) is 0 Å². The van der Waals surface area contributed by atoms with E-state index in [-0.39, 0.29) is 11.7 Å². The van der Waals surface area contributed by atoms with E-state index in [2.05, 4.69) is 10.3 Å². The lowest BCUT2D eigenvalue weighted by Gasteiger charge is -2.38. The topological polar surface area (TPSA) is 51.2 Å². The van der Waals surface area contributed by atoms with E-state index in [1.54, 1.807) is 18.3 Å². The van der Waals surface area contributed by atoms with Crippen LogP contribution in [-0.2, 0) is 21.5 Å². The quantitative estimate of drug-likeness (QED) is 0.876. The number of halogens is 1. The van der Waals surface area contributed by atoms with E-state index in [0.29, 0.717) is 32.5 Å². The highest BCUT2D eigenvalue weighted by molar-refractivity contribution is 5.77. The number of nitrogens with one attached hydrogen (secondary N) is 1. The Kier molecular flexibility index (Phi) is 5.76. The lowest BCUT2D eigenvalue weighted by atomic mass is 9.82. The Morgan fingerprint density at radius 3 is 2.60 bits per heavy atom. The number of rotatable bonds is 6. The van der Waals surface area contributed by atoms with Gasteiger partial charge >= 0.3 is 0 Å². The minimum Gasteiger partial charge on any atom is -0.381 e. The molecule has 0 radical (unpaired) electrons. The number of amides is 1. The van der Waals surface area contributed by atoms with Gasteiger partial charge in [-0.1, -0.05) is 18.2 Å². The van der Waals surface area contributed by atoms with Gasteiger partial charge in [-0.05, 0) is 55.5 Å². The fourth-order valence-electron chi connectivity index (χ4n) is 3.28. The minimum absolute atomic E-state index is 0.0159. The van der Waals surface area contributed by atoms with Crippen molar-refractivity contribution in [2.24, 2.45) is 0 Å². The third kappa shape index (κ3) is 4.63. The Labute approximate surface area is 147 Å². The molecular weight excluding hydrogens is 319 g/mol. The van der Waals surface area contributed by atoms with Crippen molar-refractivity contribution in [1.82, 2.24) is 10.3 Å². The van der Waals surface area contributed by atoms with Gasteiger partial charge in [0.05, 0.1) is 5.54 Å². The molecule has 1 aliphatic heterocycles. The van der Waals surface area contributed by atoms with E-state index in [0.717, 1.165) is 24.1 Å². The van der Waals surface area contributed by atoms with Crippen LogP contribution < -0.4 is 5.32 Å². The van der Waals surface area contributed by atoms with Crippen molar-refractivity contribution in [1.29, 1.82) is 0 Å². The van der Waals surface area contributed by atoms with Gasteiger partial charge in [0.15, 0.2) is 0 Å². The third-order valence-electron chi connectivity index (χ3n) is 4.68. The Hall–Kier alpha value is -2.27. The number of carbonyl (C=O) groups excluding carboxylic acids is 1. The van der Waals surface area contributed by atoms with Gasteiger partial charge in [0, 0.05) is 31.5 Å². The van der Waals surface area contributed by atoms with Gasteiger partial charge in [0.25, 0.3) is 0 Å². The summed E-state index contributed by atoms with van der Waals surface area (Å²) in [6, 6.07) is 12.2. The number of carbonyl (C=O) groups is 1. The maximum absolute atomic E-state index is 13.3. The fraction of sp³-hybridized carbons (Fsp3) is 0.400. The number of hydrogen-bond donors (Lipinski definition) is 1. The predicted molar refractivity (Wildman–Crippen MR) is 93.4 cm³/mol. The minimum atomic E-state index is -0.464. The van der Waals surface area contributed by atoms with E-state index in [9.17, 15) is 9.18 Å². The van der Waals surface area contributed by atoms with Crippen molar-refractivity contribution in [3.8, 4) is 0 Å². The van der Waals surface area contributed by atoms with Crippen LogP contribution in [0.3, 0.4) is 0 Å². The molecule has 0 bridgehead atoms. The summed E-state index contributed by atoms with van der Waals surface area (Å²) in [5.41, 5.74) is 1.47. The summed E-state index contributed by atoms with van der Waals surface area (Å²) < 4.78 is 18.7. The van der Waals surface area contributed by atoms with Crippen molar-refractivity contribution in [3.63, 3.8) is 0 Å². The second-order valence-electron chi connectivity index (χ2n) is 6.42. The maximum Gasteiger partial charge on any atom is 0.220 e. The molecule has 3 rings (SSSR count). The Bertz CT molecular complexity index is 683. The zero-order valence-electron chi connectivity index (χ0n) is 14.2. The number of aromatic nitrogens is 1. The average Bonchev–Trinajstić information content (AvgIpc) is 2.64. The molecule has 1 fully saturated rings. The van der Waals surface area contributed by atoms with Gasteiger partial charge in [0.2, 0.25) is 5.91 Å². The molecule has 5 heteroatoms. The molecule has 1 aromatic carbocycles. The van der Waals surface area contributed by atoms with Gasteiger partial charge in [-0.15, -0.1) is 0 Å². The van der Waals surface area contributed by atoms with Crippen LogP contribution in [0, 0.1) is 5.82 Å². The van der Waals surface area contributed by atoms with Crippen molar-refractivity contribution in [2.75, 3.05) is 13.2 Å². The Morgan fingerprint density at radius 2 is 1.92 bits per heavy atom. The molecule has 1 N–H and O–H groups in total. The summed E-state index contributed by atoms with van der Waals surface area (Å²) in [7, 11) is 0. The standard InChI is InChI=1S/C20H23FN2O2/c21-17-9-7-16(8-10-17)20(11-14-25-15-12-20)23-19(24)6-3-5-18-4-1-2-13-22-18/h1-2,4,7-10,13H,3,5-6,11-12,14-15H2,(H,23,24). The largest absolute Gasteiger partial charge is 0.381 e. The molecule has 1 amide bonds. The van der Waals surface area contributed by atoms with Gasteiger partial charge < -0.3 is 10.1 Å². The zero-order chi connectivity index (χ0) is 17.5. The van der Waals surface area contributed by atoms with Gasteiger partial charge in [-0.2, -0.15) is 0 Å². The summed E-state index contributed by atoms with van der Waals surface area (Å²) in [5.74, 6) is -0.255. The monoisotopic (exact) mass is 342 g/mol. The summed E-state index contributed by atoms with van der Waals surface area (Å²) in [5, 5.41) is 3.19. The van der Waals surface area contributed by atoms with E-state index >= 15 is 0 Å². The molecule has 132 valence electrons. The smallest absolute Gasteiger partial charge is 0.220 e. The molecular formula is C20H23FN2O2. The lowest BCUT2D eigenvalue weighted by Crippen LogP contribution is -2.49. The maximum atomic E-state index is 13.3. The van der Waals surface area contributed by atoms with E-state index in [1.165, 1.54) is 12.1 Å². The average molecular weight is 342 g/mol. The van der Waals surface area contributed by atoms with Crippen LogP contribution in [0.25, 0.3) is 0 Å². The zero-order valence-corrected chi connectivity index (χ0v) is 14.2. The molecule has 0 aliphatic carbocycles. The number of aryl methyl sites for hydroxylation is 1. The SMILES string of the molecule is O=C(CCCc1ccccn1)NC1(c2ccc(F)cc2)CCOCC1. The van der Waals surface area contributed by atoms with Crippen molar-refractivity contribution in [3.05, 3.63) is 65.7 Å². The molecule has 4 nitrogen and oxygen atoms in total. The second kappa shape index (κ2) is 8.21. The normalized spacial score (nSPS) is 16.4. The van der Waals surface area contributed by atoms with Crippen LogP contribution in [0.15, 0.2) is 48.7 Å². The molecule has 0 saturated carbocycles. The molecule has 2 aromatic rings. The highest BCUT2D eigenvalue weighted by Crippen LogP contribution is 2.32. The molecule has 0 spiro atoms. The number of nitrogens with zero attached hydrogens (tertiary/aromatic N) is 1. The van der Waals surface area contributed by atoms with Crippen LogP contribution >= 0.6 is 0 Å². The van der Waals surface area contributed by atoms with Gasteiger partial charge in [0.1, 0.15) is 5.82 Å². The van der Waals surface area contributed by atoms with Crippen LogP contribution in [-0.4, -0.2) is 24.1 Å². The number of hydrogen-bond acceptors (Lipinski definition) is 3. The lowest BCUT2D eigenvalue weighted by molar-refractivity contribution is -0.124. The van der Waals surface area contributed by atoms with E-state index in [1.807, 2.05) is 18.2 Å². The van der Waals surface area contributed by atoms with Crippen LogP contribution in [0.1, 0.15) is 36.9 Å². The molecule has 0 atom stereocenters.